The van der Waals surface area contributed by atoms with Crippen molar-refractivity contribution >= 4 is 0 Å². The lowest BCUT2D eigenvalue weighted by Crippen LogP contribution is -2.32. The van der Waals surface area contributed by atoms with E-state index in [-0.39, 0.29) is 0 Å². The number of aromatic nitrogens is 1. The lowest BCUT2D eigenvalue weighted by Gasteiger charge is -2.40. The molecule has 0 amide bonds. The predicted octanol–water partition coefficient (Wildman–Crippen LogP) is 12.2. The van der Waals surface area contributed by atoms with Crippen LogP contribution in [0.3, 0.4) is 0 Å². The Kier molecular flexibility index (Phi) is 6.43. The molecule has 1 aliphatic carbocycles. The molecule has 8 aromatic rings. The number of hydrogen-bond donors (Lipinski definition) is 0. The van der Waals surface area contributed by atoms with Gasteiger partial charge in [0, 0.05) is 34.0 Å². The van der Waals surface area contributed by atoms with Crippen LogP contribution in [0.4, 0.5) is 0 Å². The maximum atomic E-state index is 7.00. The summed E-state index contributed by atoms with van der Waals surface area (Å²) in [7, 11) is 0. The maximum Gasteiger partial charge on any atom is 0.140 e. The Balaban J connectivity index is 1.14. The normalized spacial score (nSPS) is 13.1. The second kappa shape index (κ2) is 11.3. The van der Waals surface area contributed by atoms with Crippen molar-refractivity contribution in [1.29, 1.82) is 0 Å². The van der Waals surface area contributed by atoms with Crippen molar-refractivity contribution in [2.24, 2.45) is 0 Å². The van der Waals surface area contributed by atoms with Gasteiger partial charge in [-0.1, -0.05) is 164 Å². The smallest absolute Gasteiger partial charge is 0.140 e. The van der Waals surface area contributed by atoms with Crippen LogP contribution in [0.1, 0.15) is 22.3 Å². The van der Waals surface area contributed by atoms with Crippen LogP contribution < -0.4 is 4.74 Å². The van der Waals surface area contributed by atoms with E-state index in [0.717, 1.165) is 56.1 Å². The Hall–Kier alpha value is -6.51. The van der Waals surface area contributed by atoms with E-state index in [1.807, 2.05) is 24.4 Å². The third-order valence-electron chi connectivity index (χ3n) is 10.4. The van der Waals surface area contributed by atoms with E-state index in [9.17, 15) is 0 Å². The molecule has 2 nitrogen and oxygen atoms in total. The van der Waals surface area contributed by atoms with Gasteiger partial charge < -0.3 is 4.74 Å². The number of hydrogen-bond acceptors (Lipinski definition) is 2. The predicted molar refractivity (Wildman–Crippen MR) is 203 cm³/mol. The standard InChI is InChI=1S/C48H31NO/c1-2-14-32(15-3-1)45-29-28-35(31-49-45)33-16-12-17-34(30-33)36-18-4-5-19-37(36)40-22-13-26-44-47(40)50-46-27-11-10-25-43(46)48(44)41-23-8-6-20-38(41)39-21-7-9-24-42(39)48/h1-31H. The number of para-hydroxylation sites is 2. The Morgan fingerprint density at radius 2 is 0.920 bits per heavy atom. The SMILES string of the molecule is c1ccc(-c2ccc(-c3cccc(-c4ccccc4-c4cccc5c4Oc4ccccc4C54c5ccccc5-c5ccccc54)c3)cn2)cc1. The molecule has 2 heteroatoms. The van der Waals surface area contributed by atoms with Gasteiger partial charge in [-0.3, -0.25) is 4.98 Å². The van der Waals surface area contributed by atoms with E-state index in [1.54, 1.807) is 0 Å². The monoisotopic (exact) mass is 637 g/mol. The van der Waals surface area contributed by atoms with Gasteiger partial charge in [0.25, 0.3) is 0 Å². The number of rotatable bonds is 4. The molecule has 0 unspecified atom stereocenters. The highest BCUT2D eigenvalue weighted by Crippen LogP contribution is 2.63. The third kappa shape index (κ3) is 4.18. The Morgan fingerprint density at radius 3 is 1.66 bits per heavy atom. The topological polar surface area (TPSA) is 22.1 Å². The van der Waals surface area contributed by atoms with E-state index in [0.29, 0.717) is 0 Å². The van der Waals surface area contributed by atoms with Crippen molar-refractivity contribution in [2.45, 2.75) is 5.41 Å². The van der Waals surface area contributed by atoms with Crippen molar-refractivity contribution in [3.05, 3.63) is 210 Å². The van der Waals surface area contributed by atoms with Crippen LogP contribution in [0.5, 0.6) is 11.5 Å². The molecule has 2 aliphatic rings. The van der Waals surface area contributed by atoms with Gasteiger partial charge in [0.15, 0.2) is 0 Å². The quantitative estimate of drug-likeness (QED) is 0.192. The van der Waals surface area contributed by atoms with E-state index >= 15 is 0 Å². The average Bonchev–Trinajstić information content (AvgIpc) is 3.49. The van der Waals surface area contributed by atoms with Crippen molar-refractivity contribution in [1.82, 2.24) is 4.98 Å². The molecular formula is C48H31NO. The summed E-state index contributed by atoms with van der Waals surface area (Å²) in [6, 6.07) is 65.0. The molecule has 234 valence electrons. The van der Waals surface area contributed by atoms with E-state index in [1.165, 1.54) is 33.4 Å². The average molecular weight is 638 g/mol. The van der Waals surface area contributed by atoms with Crippen LogP contribution in [0.25, 0.3) is 55.8 Å². The highest BCUT2D eigenvalue weighted by Gasteiger charge is 2.51. The number of benzene rings is 7. The number of nitrogens with zero attached hydrogens (tertiary/aromatic N) is 1. The van der Waals surface area contributed by atoms with Crippen LogP contribution in [0.2, 0.25) is 0 Å². The minimum Gasteiger partial charge on any atom is -0.456 e. The molecule has 0 saturated carbocycles. The van der Waals surface area contributed by atoms with Gasteiger partial charge in [-0.05, 0) is 62.7 Å². The van der Waals surface area contributed by atoms with E-state index < -0.39 is 5.41 Å². The number of ether oxygens (including phenoxy) is 1. The van der Waals surface area contributed by atoms with Gasteiger partial charge in [-0.2, -0.15) is 0 Å². The van der Waals surface area contributed by atoms with Crippen molar-refractivity contribution in [3.8, 4) is 67.3 Å². The molecule has 10 rings (SSSR count). The van der Waals surface area contributed by atoms with Gasteiger partial charge in [-0.15, -0.1) is 0 Å². The molecule has 0 saturated heterocycles. The summed E-state index contributed by atoms with van der Waals surface area (Å²) in [6.07, 6.45) is 1.98. The molecule has 7 aromatic carbocycles. The largest absolute Gasteiger partial charge is 0.456 e. The zero-order chi connectivity index (χ0) is 33.1. The van der Waals surface area contributed by atoms with Crippen LogP contribution in [0, 0.1) is 0 Å². The molecule has 0 fully saturated rings. The summed E-state index contributed by atoms with van der Waals surface area (Å²) in [5.41, 5.74) is 15.8. The first-order valence-electron chi connectivity index (χ1n) is 17.1. The number of pyridine rings is 1. The van der Waals surface area contributed by atoms with E-state index in [2.05, 4.69) is 164 Å². The second-order valence-corrected chi connectivity index (χ2v) is 13.0. The molecule has 2 heterocycles. The first-order chi connectivity index (χ1) is 24.8. The minimum absolute atomic E-state index is 0.499. The zero-order valence-corrected chi connectivity index (χ0v) is 27.3. The molecule has 1 aromatic heterocycles. The molecule has 1 aliphatic heterocycles. The fourth-order valence-electron chi connectivity index (χ4n) is 8.27. The van der Waals surface area contributed by atoms with Crippen molar-refractivity contribution < 1.29 is 4.74 Å². The summed E-state index contributed by atoms with van der Waals surface area (Å²) in [5, 5.41) is 0. The van der Waals surface area contributed by atoms with Gasteiger partial charge >= 0.3 is 0 Å². The van der Waals surface area contributed by atoms with Gasteiger partial charge in [0.2, 0.25) is 0 Å². The van der Waals surface area contributed by atoms with Crippen LogP contribution in [-0.2, 0) is 5.41 Å². The Bertz CT molecular complexity index is 2520. The molecule has 50 heavy (non-hydrogen) atoms. The Labute approximate surface area is 292 Å². The molecule has 0 atom stereocenters. The molecule has 0 bridgehead atoms. The van der Waals surface area contributed by atoms with Gasteiger partial charge in [0.1, 0.15) is 11.5 Å². The van der Waals surface area contributed by atoms with Crippen LogP contribution in [-0.4, -0.2) is 4.98 Å². The second-order valence-electron chi connectivity index (χ2n) is 13.0. The summed E-state index contributed by atoms with van der Waals surface area (Å²) in [4.78, 5) is 4.81. The highest BCUT2D eigenvalue weighted by atomic mass is 16.5. The first-order valence-corrected chi connectivity index (χ1v) is 17.1. The lowest BCUT2D eigenvalue weighted by molar-refractivity contribution is 0.438. The van der Waals surface area contributed by atoms with Crippen molar-refractivity contribution in [3.63, 3.8) is 0 Å². The van der Waals surface area contributed by atoms with Crippen molar-refractivity contribution in [2.75, 3.05) is 0 Å². The summed E-state index contributed by atoms with van der Waals surface area (Å²) in [5.74, 6) is 1.80. The molecule has 0 N–H and O–H groups in total. The Morgan fingerprint density at radius 1 is 0.360 bits per heavy atom. The summed E-state index contributed by atoms with van der Waals surface area (Å²) < 4.78 is 7.00. The van der Waals surface area contributed by atoms with Crippen LogP contribution in [0.15, 0.2) is 188 Å². The highest BCUT2D eigenvalue weighted by molar-refractivity contribution is 5.93. The molecular weight excluding hydrogens is 607 g/mol. The third-order valence-corrected chi connectivity index (χ3v) is 10.4. The summed E-state index contributed by atoms with van der Waals surface area (Å²) in [6.45, 7) is 0. The zero-order valence-electron chi connectivity index (χ0n) is 27.3. The van der Waals surface area contributed by atoms with Gasteiger partial charge in [-0.25, -0.2) is 0 Å². The van der Waals surface area contributed by atoms with Crippen LogP contribution >= 0.6 is 0 Å². The minimum atomic E-state index is -0.499. The fourth-order valence-corrected chi connectivity index (χ4v) is 8.27. The molecule has 1 spiro atoms. The summed E-state index contributed by atoms with van der Waals surface area (Å²) >= 11 is 0. The number of fused-ring (bicyclic) bond motifs is 9. The maximum absolute atomic E-state index is 7.00. The molecule has 0 radical (unpaired) electrons. The fraction of sp³-hybridized carbons (Fsp3) is 0.0208. The first kappa shape index (κ1) is 28.5. The lowest BCUT2D eigenvalue weighted by atomic mass is 9.65. The van der Waals surface area contributed by atoms with Gasteiger partial charge in [0.05, 0.1) is 11.1 Å². The van der Waals surface area contributed by atoms with E-state index in [4.69, 9.17) is 9.72 Å².